The Morgan fingerprint density at radius 1 is 1.21 bits per heavy atom. The van der Waals surface area contributed by atoms with E-state index < -0.39 is 6.61 Å². The van der Waals surface area contributed by atoms with Crippen LogP contribution in [0.2, 0.25) is 0 Å². The van der Waals surface area contributed by atoms with Gasteiger partial charge < -0.3 is 29.7 Å². The van der Waals surface area contributed by atoms with E-state index in [-0.39, 0.29) is 19.1 Å². The highest BCUT2D eigenvalue weighted by atomic mass is 19.3. The van der Waals surface area contributed by atoms with Gasteiger partial charge in [0.05, 0.1) is 12.2 Å². The van der Waals surface area contributed by atoms with Gasteiger partial charge in [-0.3, -0.25) is 4.99 Å². The van der Waals surface area contributed by atoms with Crippen molar-refractivity contribution < 1.29 is 23.0 Å². The Morgan fingerprint density at radius 3 is 2.62 bits per heavy atom. The topological polar surface area (TPSA) is 80.2 Å². The number of anilines is 1. The number of pyridine rings is 1. The van der Waals surface area contributed by atoms with Crippen LogP contribution < -0.4 is 29.7 Å². The number of benzene rings is 1. The van der Waals surface area contributed by atoms with E-state index in [0.29, 0.717) is 29.6 Å². The molecule has 0 unspecified atom stereocenters. The number of ether oxygens (including phenoxy) is 3. The van der Waals surface area contributed by atoms with Crippen molar-refractivity contribution in [2.24, 2.45) is 4.99 Å². The maximum absolute atomic E-state index is 12.8. The highest BCUT2D eigenvalue weighted by Gasteiger charge is 2.20. The summed E-state index contributed by atoms with van der Waals surface area (Å²) in [5, 5.41) is 6.23. The monoisotopic (exact) mass is 407 g/mol. The van der Waals surface area contributed by atoms with Gasteiger partial charge in [0, 0.05) is 39.3 Å². The summed E-state index contributed by atoms with van der Waals surface area (Å²) in [6.07, 6.45) is 0. The molecule has 2 aromatic rings. The third kappa shape index (κ3) is 5.37. The smallest absolute Gasteiger partial charge is 0.387 e. The minimum atomic E-state index is -2.94. The second-order valence-electron chi connectivity index (χ2n) is 6.35. The second-order valence-corrected chi connectivity index (χ2v) is 6.35. The zero-order valence-electron chi connectivity index (χ0n) is 16.4. The number of hydrogen-bond donors (Lipinski definition) is 2. The molecule has 0 amide bonds. The second kappa shape index (κ2) is 9.26. The van der Waals surface area contributed by atoms with E-state index in [0.717, 1.165) is 11.5 Å². The minimum Gasteiger partial charge on any atom is -0.454 e. The first-order valence-electron chi connectivity index (χ1n) is 8.91. The fourth-order valence-corrected chi connectivity index (χ4v) is 2.70. The van der Waals surface area contributed by atoms with Gasteiger partial charge >= 0.3 is 6.61 Å². The summed E-state index contributed by atoms with van der Waals surface area (Å²) in [5.74, 6) is 2.21. The van der Waals surface area contributed by atoms with Crippen LogP contribution in [0.3, 0.4) is 0 Å². The lowest BCUT2D eigenvalue weighted by molar-refractivity contribution is -0.0505. The van der Waals surface area contributed by atoms with E-state index in [1.54, 1.807) is 13.1 Å². The summed E-state index contributed by atoms with van der Waals surface area (Å²) in [6, 6.07) is 8.76. The van der Waals surface area contributed by atoms with Crippen LogP contribution >= 0.6 is 0 Å². The van der Waals surface area contributed by atoms with Crippen LogP contribution in [0.4, 0.5) is 14.6 Å². The molecule has 10 heteroatoms. The maximum Gasteiger partial charge on any atom is 0.387 e. The van der Waals surface area contributed by atoms with Gasteiger partial charge in [-0.05, 0) is 18.2 Å². The fraction of sp³-hybridized carbons (Fsp3) is 0.368. The van der Waals surface area contributed by atoms with Crippen LogP contribution in [0.1, 0.15) is 11.3 Å². The Bertz CT molecular complexity index is 877. The average molecular weight is 407 g/mol. The van der Waals surface area contributed by atoms with Crippen molar-refractivity contribution in [3.05, 3.63) is 41.6 Å². The molecule has 0 saturated carbocycles. The van der Waals surface area contributed by atoms with Gasteiger partial charge in [-0.1, -0.05) is 6.07 Å². The number of alkyl halides is 2. The molecule has 0 bridgehead atoms. The Morgan fingerprint density at radius 2 is 1.93 bits per heavy atom. The maximum atomic E-state index is 12.8. The lowest BCUT2D eigenvalue weighted by atomic mass is 10.1. The SMILES string of the molecule is CN=C(NCc1cccc(N(C)C)n1)NCc1cc2c(cc1OC(F)F)OCO2. The molecule has 0 radical (unpaired) electrons. The van der Waals surface area contributed by atoms with E-state index in [4.69, 9.17) is 9.47 Å². The van der Waals surface area contributed by atoms with Crippen molar-refractivity contribution in [1.29, 1.82) is 0 Å². The molecule has 1 aliphatic rings. The summed E-state index contributed by atoms with van der Waals surface area (Å²) >= 11 is 0. The molecule has 0 fully saturated rings. The number of guanidine groups is 1. The van der Waals surface area contributed by atoms with Crippen LogP contribution in [0.25, 0.3) is 0 Å². The van der Waals surface area contributed by atoms with Crippen molar-refractivity contribution in [2.45, 2.75) is 19.7 Å². The molecule has 8 nitrogen and oxygen atoms in total. The molecule has 29 heavy (non-hydrogen) atoms. The molecule has 0 aliphatic carbocycles. The summed E-state index contributed by atoms with van der Waals surface area (Å²) in [4.78, 5) is 10.6. The largest absolute Gasteiger partial charge is 0.454 e. The van der Waals surface area contributed by atoms with Crippen LogP contribution in [0, 0.1) is 0 Å². The molecular weight excluding hydrogens is 384 g/mol. The van der Waals surface area contributed by atoms with E-state index in [1.165, 1.54) is 6.07 Å². The highest BCUT2D eigenvalue weighted by molar-refractivity contribution is 5.79. The number of rotatable bonds is 7. The Kier molecular flexibility index (Phi) is 6.53. The van der Waals surface area contributed by atoms with Gasteiger partial charge in [-0.15, -0.1) is 0 Å². The molecule has 0 saturated heterocycles. The molecule has 0 atom stereocenters. The zero-order chi connectivity index (χ0) is 20.8. The Hall–Kier alpha value is -3.30. The standard InChI is InChI=1S/C19H23F2N5O3/c1-22-19(24-10-13-5-4-6-17(25-13)26(2)3)23-9-12-7-15-16(28-11-27-15)8-14(12)29-18(20)21/h4-8,18H,9-11H2,1-3H3,(H2,22,23,24). The normalized spacial score (nSPS) is 12.8. The fourth-order valence-electron chi connectivity index (χ4n) is 2.70. The molecule has 2 N–H and O–H groups in total. The number of aromatic nitrogens is 1. The molecule has 2 heterocycles. The van der Waals surface area contributed by atoms with Crippen LogP contribution in [0.15, 0.2) is 35.3 Å². The molecule has 0 spiro atoms. The van der Waals surface area contributed by atoms with Crippen molar-refractivity contribution in [3.8, 4) is 17.2 Å². The number of nitrogens with zero attached hydrogens (tertiary/aromatic N) is 3. The van der Waals surface area contributed by atoms with Gasteiger partial charge in [0.15, 0.2) is 17.5 Å². The average Bonchev–Trinajstić information content (AvgIpc) is 3.15. The van der Waals surface area contributed by atoms with E-state index in [1.807, 2.05) is 37.2 Å². The highest BCUT2D eigenvalue weighted by Crippen LogP contribution is 2.38. The minimum absolute atomic E-state index is 0.0209. The number of fused-ring (bicyclic) bond motifs is 1. The molecule has 3 rings (SSSR count). The number of nitrogens with one attached hydrogen (secondary N) is 2. The lowest BCUT2D eigenvalue weighted by Gasteiger charge is -2.16. The number of hydrogen-bond acceptors (Lipinski definition) is 6. The molecule has 1 aromatic heterocycles. The summed E-state index contributed by atoms with van der Waals surface area (Å²) in [6.45, 7) is -2.25. The van der Waals surface area contributed by atoms with E-state index in [2.05, 4.69) is 25.3 Å². The van der Waals surface area contributed by atoms with Crippen molar-refractivity contribution >= 4 is 11.8 Å². The van der Waals surface area contributed by atoms with Crippen LogP contribution in [0.5, 0.6) is 17.2 Å². The van der Waals surface area contributed by atoms with Crippen molar-refractivity contribution in [3.63, 3.8) is 0 Å². The molecule has 156 valence electrons. The van der Waals surface area contributed by atoms with E-state index in [9.17, 15) is 8.78 Å². The first kappa shape index (κ1) is 20.4. The molecule has 1 aliphatic heterocycles. The predicted octanol–water partition coefficient (Wildman–Crippen LogP) is 2.34. The first-order chi connectivity index (χ1) is 14.0. The van der Waals surface area contributed by atoms with Crippen molar-refractivity contribution in [2.75, 3.05) is 32.8 Å². The zero-order valence-corrected chi connectivity index (χ0v) is 16.4. The quantitative estimate of drug-likeness (QED) is 0.539. The van der Waals surface area contributed by atoms with Crippen molar-refractivity contribution in [1.82, 2.24) is 15.6 Å². The van der Waals surface area contributed by atoms with Crippen LogP contribution in [-0.4, -0.2) is 45.5 Å². The molecule has 1 aromatic carbocycles. The summed E-state index contributed by atoms with van der Waals surface area (Å²) in [7, 11) is 5.46. The molecular formula is C19H23F2N5O3. The number of halogens is 2. The number of aliphatic imine (C=N–C) groups is 1. The summed E-state index contributed by atoms with van der Waals surface area (Å²) in [5.41, 5.74) is 1.33. The first-order valence-corrected chi connectivity index (χ1v) is 8.91. The van der Waals surface area contributed by atoms with Gasteiger partial charge in [0.25, 0.3) is 0 Å². The third-order valence-corrected chi connectivity index (χ3v) is 4.13. The predicted molar refractivity (Wildman–Crippen MR) is 105 cm³/mol. The van der Waals surface area contributed by atoms with E-state index >= 15 is 0 Å². The van der Waals surface area contributed by atoms with Gasteiger partial charge in [-0.2, -0.15) is 8.78 Å². The summed E-state index contributed by atoms with van der Waals surface area (Å²) < 4.78 is 40.7. The third-order valence-electron chi connectivity index (χ3n) is 4.13. The Labute approximate surface area is 167 Å². The van der Waals surface area contributed by atoms with Gasteiger partial charge in [0.2, 0.25) is 6.79 Å². The lowest BCUT2D eigenvalue weighted by Crippen LogP contribution is -2.36. The van der Waals surface area contributed by atoms with Crippen LogP contribution in [-0.2, 0) is 13.1 Å². The van der Waals surface area contributed by atoms with Gasteiger partial charge in [-0.25, -0.2) is 4.98 Å². The Balaban J connectivity index is 1.64. The van der Waals surface area contributed by atoms with Gasteiger partial charge in [0.1, 0.15) is 11.6 Å².